The summed E-state index contributed by atoms with van der Waals surface area (Å²) >= 11 is 6.17. The number of hydrogen-bond donors (Lipinski definition) is 1. The summed E-state index contributed by atoms with van der Waals surface area (Å²) in [4.78, 5) is 6.48. The lowest BCUT2D eigenvalue weighted by Gasteiger charge is -2.43. The SMILES string of the molecule is CC1(C)CN(c2ncccc2Cl)CC(CN)O1. The molecule has 0 aliphatic carbocycles. The molecule has 1 aliphatic heterocycles. The van der Waals surface area contributed by atoms with Crippen molar-refractivity contribution in [1.29, 1.82) is 0 Å². The average Bonchev–Trinajstić information content (AvgIpc) is 2.27. The Morgan fingerprint density at radius 2 is 2.41 bits per heavy atom. The topological polar surface area (TPSA) is 51.4 Å². The molecular formula is C12H18ClN3O. The Balaban J connectivity index is 2.24. The van der Waals surface area contributed by atoms with Crippen LogP contribution in [0.3, 0.4) is 0 Å². The number of aromatic nitrogens is 1. The molecule has 1 saturated heterocycles. The van der Waals surface area contributed by atoms with Crippen LogP contribution in [0.5, 0.6) is 0 Å². The standard InChI is InChI=1S/C12H18ClN3O/c1-12(2)8-16(7-9(6-14)17-12)11-10(13)4-3-5-15-11/h3-5,9H,6-8,14H2,1-2H3. The van der Waals surface area contributed by atoms with Crippen LogP contribution in [0.1, 0.15) is 13.8 Å². The van der Waals surface area contributed by atoms with Crippen LogP contribution in [0, 0.1) is 0 Å². The molecule has 1 aromatic heterocycles. The maximum atomic E-state index is 6.17. The first-order chi connectivity index (χ1) is 8.02. The van der Waals surface area contributed by atoms with Gasteiger partial charge in [-0.15, -0.1) is 0 Å². The summed E-state index contributed by atoms with van der Waals surface area (Å²) in [6.07, 6.45) is 1.78. The largest absolute Gasteiger partial charge is 0.367 e. The zero-order valence-corrected chi connectivity index (χ0v) is 10.9. The Morgan fingerprint density at radius 3 is 3.06 bits per heavy atom. The molecule has 0 spiro atoms. The summed E-state index contributed by atoms with van der Waals surface area (Å²) in [6, 6.07) is 3.68. The third kappa shape index (κ3) is 2.89. The van der Waals surface area contributed by atoms with Crippen LogP contribution in [-0.2, 0) is 4.74 Å². The molecule has 4 nitrogen and oxygen atoms in total. The van der Waals surface area contributed by atoms with Crippen molar-refractivity contribution in [3.63, 3.8) is 0 Å². The zero-order valence-electron chi connectivity index (χ0n) is 10.2. The molecule has 5 heteroatoms. The molecule has 1 fully saturated rings. The normalized spacial score (nSPS) is 23.8. The predicted molar refractivity (Wildman–Crippen MR) is 69.5 cm³/mol. The quantitative estimate of drug-likeness (QED) is 0.874. The van der Waals surface area contributed by atoms with Crippen LogP contribution in [0.25, 0.3) is 0 Å². The number of rotatable bonds is 2. The lowest BCUT2D eigenvalue weighted by atomic mass is 10.1. The summed E-state index contributed by atoms with van der Waals surface area (Å²) in [5, 5.41) is 0.668. The lowest BCUT2D eigenvalue weighted by Crippen LogP contribution is -2.55. The number of pyridine rings is 1. The Hall–Kier alpha value is -0.840. The molecule has 2 rings (SSSR count). The minimum Gasteiger partial charge on any atom is -0.367 e. The highest BCUT2D eigenvalue weighted by Crippen LogP contribution is 2.28. The van der Waals surface area contributed by atoms with Gasteiger partial charge >= 0.3 is 0 Å². The Bertz CT molecular complexity index is 397. The fraction of sp³-hybridized carbons (Fsp3) is 0.583. The van der Waals surface area contributed by atoms with Crippen molar-refractivity contribution >= 4 is 17.4 Å². The number of anilines is 1. The van der Waals surface area contributed by atoms with E-state index in [-0.39, 0.29) is 11.7 Å². The number of ether oxygens (including phenoxy) is 1. The highest BCUT2D eigenvalue weighted by Gasteiger charge is 2.33. The molecule has 0 bridgehead atoms. The second-order valence-corrected chi connectivity index (χ2v) is 5.33. The smallest absolute Gasteiger partial charge is 0.147 e. The lowest BCUT2D eigenvalue weighted by molar-refractivity contribution is -0.0790. The first kappa shape index (κ1) is 12.6. The maximum Gasteiger partial charge on any atom is 0.147 e. The molecule has 0 radical (unpaired) electrons. The number of morpholine rings is 1. The zero-order chi connectivity index (χ0) is 12.5. The summed E-state index contributed by atoms with van der Waals surface area (Å²) in [5.74, 6) is 0.809. The van der Waals surface area contributed by atoms with Gasteiger partial charge in [0, 0.05) is 25.8 Å². The van der Waals surface area contributed by atoms with E-state index >= 15 is 0 Å². The van der Waals surface area contributed by atoms with Crippen molar-refractivity contribution in [1.82, 2.24) is 4.98 Å². The predicted octanol–water partition coefficient (Wildman–Crippen LogP) is 1.68. The molecule has 94 valence electrons. The number of nitrogens with two attached hydrogens (primary N) is 1. The first-order valence-electron chi connectivity index (χ1n) is 5.75. The Morgan fingerprint density at radius 1 is 1.65 bits per heavy atom. The summed E-state index contributed by atoms with van der Waals surface area (Å²) < 4.78 is 5.88. The molecule has 1 atom stereocenters. The van der Waals surface area contributed by atoms with Gasteiger partial charge in [-0.25, -0.2) is 4.98 Å². The van der Waals surface area contributed by atoms with E-state index in [1.165, 1.54) is 0 Å². The van der Waals surface area contributed by atoms with Gasteiger partial charge in [0.1, 0.15) is 5.82 Å². The van der Waals surface area contributed by atoms with Gasteiger partial charge in [-0.05, 0) is 26.0 Å². The molecule has 1 unspecified atom stereocenters. The van der Waals surface area contributed by atoms with Crippen molar-refractivity contribution in [2.45, 2.75) is 25.6 Å². The molecule has 0 aromatic carbocycles. The van der Waals surface area contributed by atoms with Crippen molar-refractivity contribution in [2.75, 3.05) is 24.5 Å². The molecule has 1 aromatic rings. The van der Waals surface area contributed by atoms with E-state index in [2.05, 4.69) is 23.7 Å². The monoisotopic (exact) mass is 255 g/mol. The first-order valence-corrected chi connectivity index (χ1v) is 6.13. The third-order valence-electron chi connectivity index (χ3n) is 2.78. The highest BCUT2D eigenvalue weighted by atomic mass is 35.5. The summed E-state index contributed by atoms with van der Waals surface area (Å²) in [6.45, 7) is 6.11. The van der Waals surface area contributed by atoms with E-state index in [4.69, 9.17) is 22.1 Å². The van der Waals surface area contributed by atoms with Gasteiger partial charge in [0.2, 0.25) is 0 Å². The van der Waals surface area contributed by atoms with Crippen molar-refractivity contribution in [2.24, 2.45) is 5.73 Å². The van der Waals surface area contributed by atoms with Crippen LogP contribution < -0.4 is 10.6 Å². The van der Waals surface area contributed by atoms with Gasteiger partial charge in [-0.1, -0.05) is 11.6 Å². The van der Waals surface area contributed by atoms with E-state index in [9.17, 15) is 0 Å². The number of hydrogen-bond acceptors (Lipinski definition) is 4. The van der Waals surface area contributed by atoms with Crippen LogP contribution >= 0.6 is 11.6 Å². The highest BCUT2D eigenvalue weighted by molar-refractivity contribution is 6.32. The molecule has 17 heavy (non-hydrogen) atoms. The Kier molecular flexibility index (Phi) is 3.56. The Labute approximate surface area is 107 Å². The summed E-state index contributed by atoms with van der Waals surface area (Å²) in [7, 11) is 0. The minimum atomic E-state index is -0.233. The fourth-order valence-electron chi connectivity index (χ4n) is 2.19. The molecule has 1 aliphatic rings. The van der Waals surface area contributed by atoms with Crippen molar-refractivity contribution in [3.8, 4) is 0 Å². The number of nitrogens with zero attached hydrogens (tertiary/aromatic N) is 2. The molecule has 0 saturated carbocycles. The van der Waals surface area contributed by atoms with Gasteiger partial charge in [-0.2, -0.15) is 0 Å². The van der Waals surface area contributed by atoms with Gasteiger partial charge in [-0.3, -0.25) is 0 Å². The molecular weight excluding hydrogens is 238 g/mol. The van der Waals surface area contributed by atoms with E-state index in [0.29, 0.717) is 11.6 Å². The van der Waals surface area contributed by atoms with Gasteiger partial charge in [0.25, 0.3) is 0 Å². The van der Waals surface area contributed by atoms with E-state index < -0.39 is 0 Å². The summed E-state index contributed by atoms with van der Waals surface area (Å²) in [5.41, 5.74) is 5.46. The molecule has 2 N–H and O–H groups in total. The van der Waals surface area contributed by atoms with Gasteiger partial charge in [0.15, 0.2) is 0 Å². The van der Waals surface area contributed by atoms with E-state index in [1.807, 2.05) is 12.1 Å². The second-order valence-electron chi connectivity index (χ2n) is 4.92. The molecule has 0 amide bonds. The van der Waals surface area contributed by atoms with E-state index in [1.54, 1.807) is 6.20 Å². The van der Waals surface area contributed by atoms with Crippen LogP contribution in [0.4, 0.5) is 5.82 Å². The second kappa shape index (κ2) is 4.80. The van der Waals surface area contributed by atoms with Crippen LogP contribution in [0.2, 0.25) is 5.02 Å². The maximum absolute atomic E-state index is 6.17. The van der Waals surface area contributed by atoms with Crippen molar-refractivity contribution in [3.05, 3.63) is 23.4 Å². The molecule has 2 heterocycles. The number of halogens is 1. The van der Waals surface area contributed by atoms with Crippen LogP contribution in [-0.4, -0.2) is 36.3 Å². The van der Waals surface area contributed by atoms with Gasteiger partial charge in [0.05, 0.1) is 16.7 Å². The van der Waals surface area contributed by atoms with Crippen molar-refractivity contribution < 1.29 is 4.74 Å². The third-order valence-corrected chi connectivity index (χ3v) is 3.08. The fourth-order valence-corrected chi connectivity index (χ4v) is 2.43. The van der Waals surface area contributed by atoms with E-state index in [0.717, 1.165) is 18.9 Å². The van der Waals surface area contributed by atoms with Gasteiger partial charge < -0.3 is 15.4 Å². The average molecular weight is 256 g/mol. The minimum absolute atomic E-state index is 0.0248. The van der Waals surface area contributed by atoms with Crippen LogP contribution in [0.15, 0.2) is 18.3 Å².